The van der Waals surface area contributed by atoms with Gasteiger partial charge >= 0.3 is 0 Å². The fraction of sp³-hybridized carbons (Fsp3) is 0.600. The zero-order valence-electron chi connectivity index (χ0n) is 10.7. The minimum atomic E-state index is 0.457. The Morgan fingerprint density at radius 1 is 1.06 bits per heavy atom. The van der Waals surface area contributed by atoms with Crippen molar-refractivity contribution >= 4 is 15.9 Å². The standard InChI is InChI=1S/C15H21BrO2/c16-13-6-5-9-15(12-13)18-11-10-17-14-7-3-1-2-4-8-14/h5-6,9,12,14H,1-4,7-8,10-11H2. The molecule has 0 aliphatic heterocycles. The van der Waals surface area contributed by atoms with Gasteiger partial charge in [-0.3, -0.25) is 0 Å². The summed E-state index contributed by atoms with van der Waals surface area (Å²) < 4.78 is 12.6. The molecule has 100 valence electrons. The highest BCUT2D eigenvalue weighted by molar-refractivity contribution is 9.10. The molecule has 1 aliphatic carbocycles. The van der Waals surface area contributed by atoms with Gasteiger partial charge in [0.05, 0.1) is 12.7 Å². The molecule has 18 heavy (non-hydrogen) atoms. The summed E-state index contributed by atoms with van der Waals surface area (Å²) in [5.41, 5.74) is 0. The highest BCUT2D eigenvalue weighted by Crippen LogP contribution is 2.20. The van der Waals surface area contributed by atoms with Crippen LogP contribution in [0.4, 0.5) is 0 Å². The van der Waals surface area contributed by atoms with E-state index >= 15 is 0 Å². The van der Waals surface area contributed by atoms with Gasteiger partial charge in [0.25, 0.3) is 0 Å². The predicted octanol–water partition coefficient (Wildman–Crippen LogP) is 4.57. The molecule has 0 bridgehead atoms. The van der Waals surface area contributed by atoms with Gasteiger partial charge in [0.15, 0.2) is 0 Å². The molecule has 0 unspecified atom stereocenters. The lowest BCUT2D eigenvalue weighted by atomic mass is 10.1. The van der Waals surface area contributed by atoms with Crippen molar-refractivity contribution in [3.05, 3.63) is 28.7 Å². The van der Waals surface area contributed by atoms with E-state index in [1.165, 1.54) is 38.5 Å². The number of hydrogen-bond donors (Lipinski definition) is 0. The van der Waals surface area contributed by atoms with Crippen molar-refractivity contribution in [2.45, 2.75) is 44.6 Å². The summed E-state index contributed by atoms with van der Waals surface area (Å²) in [5.74, 6) is 0.897. The Morgan fingerprint density at radius 2 is 1.83 bits per heavy atom. The molecule has 0 N–H and O–H groups in total. The van der Waals surface area contributed by atoms with Gasteiger partial charge in [-0.2, -0.15) is 0 Å². The van der Waals surface area contributed by atoms with Crippen molar-refractivity contribution in [2.24, 2.45) is 0 Å². The van der Waals surface area contributed by atoms with Crippen molar-refractivity contribution < 1.29 is 9.47 Å². The second-order valence-corrected chi connectivity index (χ2v) is 5.71. The number of hydrogen-bond acceptors (Lipinski definition) is 2. The van der Waals surface area contributed by atoms with E-state index in [0.29, 0.717) is 19.3 Å². The molecule has 1 saturated carbocycles. The molecular weight excluding hydrogens is 292 g/mol. The lowest BCUT2D eigenvalue weighted by molar-refractivity contribution is 0.0254. The summed E-state index contributed by atoms with van der Waals surface area (Å²) in [5, 5.41) is 0. The first kappa shape index (κ1) is 13.9. The van der Waals surface area contributed by atoms with Gasteiger partial charge in [-0.1, -0.05) is 47.7 Å². The highest BCUT2D eigenvalue weighted by atomic mass is 79.9. The van der Waals surface area contributed by atoms with Gasteiger partial charge < -0.3 is 9.47 Å². The van der Waals surface area contributed by atoms with E-state index in [1.54, 1.807) is 0 Å². The van der Waals surface area contributed by atoms with Crippen LogP contribution in [0.5, 0.6) is 5.75 Å². The van der Waals surface area contributed by atoms with Crippen molar-refractivity contribution in [3.8, 4) is 5.75 Å². The van der Waals surface area contributed by atoms with Crippen LogP contribution in [-0.2, 0) is 4.74 Å². The van der Waals surface area contributed by atoms with Crippen molar-refractivity contribution in [1.82, 2.24) is 0 Å². The van der Waals surface area contributed by atoms with Crippen molar-refractivity contribution in [2.75, 3.05) is 13.2 Å². The van der Waals surface area contributed by atoms with Gasteiger partial charge in [-0.25, -0.2) is 0 Å². The van der Waals surface area contributed by atoms with E-state index in [-0.39, 0.29) is 0 Å². The quantitative estimate of drug-likeness (QED) is 0.586. The third-order valence-corrected chi connectivity index (χ3v) is 3.80. The molecule has 1 aromatic carbocycles. The van der Waals surface area contributed by atoms with Crippen LogP contribution < -0.4 is 4.74 Å². The van der Waals surface area contributed by atoms with Gasteiger partial charge in [0, 0.05) is 4.47 Å². The Kier molecular flexibility index (Phi) is 6.01. The second kappa shape index (κ2) is 7.80. The third kappa shape index (κ3) is 4.99. The lowest BCUT2D eigenvalue weighted by Crippen LogP contribution is -2.16. The molecule has 1 fully saturated rings. The number of halogens is 1. The average Bonchev–Trinajstić information content (AvgIpc) is 2.63. The third-order valence-electron chi connectivity index (χ3n) is 3.30. The molecule has 1 aromatic rings. The molecule has 2 nitrogen and oxygen atoms in total. The summed E-state index contributed by atoms with van der Waals surface area (Å²) in [6, 6.07) is 7.92. The maximum atomic E-state index is 5.88. The van der Waals surface area contributed by atoms with Crippen LogP contribution in [0.3, 0.4) is 0 Å². The lowest BCUT2D eigenvalue weighted by Gasteiger charge is -2.15. The molecule has 2 rings (SSSR count). The van der Waals surface area contributed by atoms with E-state index in [0.717, 1.165) is 10.2 Å². The van der Waals surface area contributed by atoms with Crippen LogP contribution in [0.25, 0.3) is 0 Å². The maximum Gasteiger partial charge on any atom is 0.120 e. The molecular formula is C15H21BrO2. The number of rotatable bonds is 5. The van der Waals surface area contributed by atoms with Crippen molar-refractivity contribution in [3.63, 3.8) is 0 Å². The van der Waals surface area contributed by atoms with E-state index in [2.05, 4.69) is 15.9 Å². The monoisotopic (exact) mass is 312 g/mol. The molecule has 0 spiro atoms. The fourth-order valence-electron chi connectivity index (χ4n) is 2.34. The van der Waals surface area contributed by atoms with Crippen LogP contribution in [-0.4, -0.2) is 19.3 Å². The minimum Gasteiger partial charge on any atom is -0.491 e. The Balaban J connectivity index is 1.63. The topological polar surface area (TPSA) is 18.5 Å². The van der Waals surface area contributed by atoms with Crippen LogP contribution in [0, 0.1) is 0 Å². The van der Waals surface area contributed by atoms with E-state index in [9.17, 15) is 0 Å². The zero-order chi connectivity index (χ0) is 12.6. The minimum absolute atomic E-state index is 0.457. The van der Waals surface area contributed by atoms with Gasteiger partial charge in [0.2, 0.25) is 0 Å². The highest BCUT2D eigenvalue weighted by Gasteiger charge is 2.12. The molecule has 0 aromatic heterocycles. The summed E-state index contributed by atoms with van der Waals surface area (Å²) in [7, 11) is 0. The predicted molar refractivity (Wildman–Crippen MR) is 77.1 cm³/mol. The smallest absolute Gasteiger partial charge is 0.120 e. The Morgan fingerprint density at radius 3 is 2.56 bits per heavy atom. The average molecular weight is 313 g/mol. The molecule has 1 aliphatic rings. The van der Waals surface area contributed by atoms with Crippen LogP contribution >= 0.6 is 15.9 Å². The molecule has 0 atom stereocenters. The Hall–Kier alpha value is -0.540. The second-order valence-electron chi connectivity index (χ2n) is 4.79. The molecule has 0 saturated heterocycles. The largest absolute Gasteiger partial charge is 0.491 e. The van der Waals surface area contributed by atoms with Crippen LogP contribution in [0.15, 0.2) is 28.7 Å². The molecule has 0 amide bonds. The van der Waals surface area contributed by atoms with Crippen molar-refractivity contribution in [1.29, 1.82) is 0 Å². The van der Waals surface area contributed by atoms with Crippen LogP contribution in [0.1, 0.15) is 38.5 Å². The first-order chi connectivity index (χ1) is 8.84. The van der Waals surface area contributed by atoms with E-state index in [4.69, 9.17) is 9.47 Å². The summed E-state index contributed by atoms with van der Waals surface area (Å²) in [6.07, 6.45) is 8.27. The van der Waals surface area contributed by atoms with Gasteiger partial charge in [0.1, 0.15) is 12.4 Å². The Labute approximate surface area is 118 Å². The van der Waals surface area contributed by atoms with Gasteiger partial charge in [-0.15, -0.1) is 0 Å². The normalized spacial score (nSPS) is 17.4. The molecule has 0 radical (unpaired) electrons. The molecule has 0 heterocycles. The fourth-order valence-corrected chi connectivity index (χ4v) is 2.72. The van der Waals surface area contributed by atoms with Crippen LogP contribution in [0.2, 0.25) is 0 Å². The number of ether oxygens (including phenoxy) is 2. The maximum absolute atomic E-state index is 5.88. The van der Waals surface area contributed by atoms with E-state index < -0.39 is 0 Å². The molecule has 3 heteroatoms. The van der Waals surface area contributed by atoms with E-state index in [1.807, 2.05) is 24.3 Å². The first-order valence-electron chi connectivity index (χ1n) is 6.84. The summed E-state index contributed by atoms with van der Waals surface area (Å²) in [4.78, 5) is 0. The van der Waals surface area contributed by atoms with Gasteiger partial charge in [-0.05, 0) is 31.0 Å². The summed E-state index contributed by atoms with van der Waals surface area (Å²) in [6.45, 7) is 1.32. The first-order valence-corrected chi connectivity index (χ1v) is 7.64. The Bertz CT molecular complexity index is 346. The zero-order valence-corrected chi connectivity index (χ0v) is 12.3. The SMILES string of the molecule is Brc1cccc(OCCOC2CCCCCC2)c1. The number of benzene rings is 1. The summed E-state index contributed by atoms with van der Waals surface area (Å²) >= 11 is 3.43.